The first-order valence-corrected chi connectivity index (χ1v) is 7.79. The van der Waals surface area contributed by atoms with Crippen molar-refractivity contribution in [2.45, 2.75) is 6.54 Å². The second-order valence-electron chi connectivity index (χ2n) is 5.65. The van der Waals surface area contributed by atoms with Gasteiger partial charge in [0.05, 0.1) is 12.8 Å². The van der Waals surface area contributed by atoms with Crippen molar-refractivity contribution in [2.75, 3.05) is 12.0 Å². The molecule has 26 heavy (non-hydrogen) atoms. The van der Waals surface area contributed by atoms with Crippen LogP contribution >= 0.6 is 0 Å². The summed E-state index contributed by atoms with van der Waals surface area (Å²) in [5.41, 5.74) is 2.88. The maximum atomic E-state index is 12.5. The third kappa shape index (κ3) is 2.97. The Hall–Kier alpha value is -3.40. The number of nitrogens with zero attached hydrogens (tertiary/aromatic N) is 5. The smallest absolute Gasteiger partial charge is 0.332 e. The molecule has 0 aliphatic heterocycles. The van der Waals surface area contributed by atoms with Crippen LogP contribution in [0.15, 0.2) is 39.0 Å². The van der Waals surface area contributed by atoms with E-state index >= 15 is 0 Å². The molecule has 0 spiro atoms. The molecule has 1 aromatic carbocycles. The number of imidazole rings is 1. The minimum Gasteiger partial charge on any atom is -0.508 e. The number of nitrogens with one attached hydrogen (secondary N) is 1. The van der Waals surface area contributed by atoms with Crippen molar-refractivity contribution in [3.05, 3.63) is 50.7 Å². The Kier molecular flexibility index (Phi) is 4.59. The summed E-state index contributed by atoms with van der Waals surface area (Å²) in [6, 6.07) is 6.41. The predicted octanol–water partition coefficient (Wildman–Crippen LogP) is -0.422. The Morgan fingerprint density at radius 2 is 1.88 bits per heavy atom. The monoisotopic (exact) mass is 358 g/mol. The van der Waals surface area contributed by atoms with Gasteiger partial charge in [-0.3, -0.25) is 13.9 Å². The molecular weight excluding hydrogens is 340 g/mol. The van der Waals surface area contributed by atoms with Gasteiger partial charge >= 0.3 is 5.69 Å². The molecule has 0 amide bonds. The number of aliphatic hydroxyl groups is 1. The average molecular weight is 358 g/mol. The fourth-order valence-corrected chi connectivity index (χ4v) is 2.57. The summed E-state index contributed by atoms with van der Waals surface area (Å²) in [7, 11) is 2.90. The molecule has 0 atom stereocenters. The van der Waals surface area contributed by atoms with Crippen molar-refractivity contribution < 1.29 is 10.2 Å². The Balaban J connectivity index is 2.05. The summed E-state index contributed by atoms with van der Waals surface area (Å²) >= 11 is 0. The zero-order valence-electron chi connectivity index (χ0n) is 14.2. The fourth-order valence-electron chi connectivity index (χ4n) is 2.57. The summed E-state index contributed by atoms with van der Waals surface area (Å²) in [4.78, 5) is 28.8. The van der Waals surface area contributed by atoms with Crippen LogP contribution in [0.3, 0.4) is 0 Å². The van der Waals surface area contributed by atoms with Crippen LogP contribution in [0, 0.1) is 0 Å². The first-order chi connectivity index (χ1) is 12.4. The van der Waals surface area contributed by atoms with Crippen LogP contribution in [-0.4, -0.2) is 41.7 Å². The number of benzene rings is 1. The van der Waals surface area contributed by atoms with E-state index in [4.69, 9.17) is 0 Å². The molecule has 2 heterocycles. The lowest BCUT2D eigenvalue weighted by atomic mass is 10.2. The molecule has 0 aliphatic carbocycles. The molecule has 3 N–H and O–H groups in total. The number of aryl methyl sites for hydroxylation is 1. The maximum Gasteiger partial charge on any atom is 0.332 e. The number of phenolic OH excluding ortho intramolecular Hbond substituents is 1. The summed E-state index contributed by atoms with van der Waals surface area (Å²) < 4.78 is 3.73. The van der Waals surface area contributed by atoms with Gasteiger partial charge < -0.3 is 14.8 Å². The second kappa shape index (κ2) is 6.84. The number of hydrogen-bond donors (Lipinski definition) is 3. The standard InChI is InChI=1S/C16H18N6O4/c1-20-13-12(14(25)21(2)16(20)26)22(7-8-23)15(18-13)19-17-9-10-3-5-11(24)6-4-10/h3-6,9,23-24H,7-8H2,1-2H3,(H,18,19)/b17-9-. The molecule has 3 aromatic rings. The van der Waals surface area contributed by atoms with E-state index in [0.29, 0.717) is 0 Å². The number of rotatable bonds is 5. The van der Waals surface area contributed by atoms with E-state index in [2.05, 4.69) is 15.5 Å². The van der Waals surface area contributed by atoms with E-state index in [9.17, 15) is 19.8 Å². The van der Waals surface area contributed by atoms with Gasteiger partial charge in [0.25, 0.3) is 5.56 Å². The first kappa shape index (κ1) is 17.4. The number of aliphatic hydroxyl groups excluding tert-OH is 1. The summed E-state index contributed by atoms with van der Waals surface area (Å²) in [5.74, 6) is 0.374. The number of phenols is 1. The van der Waals surface area contributed by atoms with Crippen LogP contribution in [0.25, 0.3) is 11.2 Å². The zero-order valence-corrected chi connectivity index (χ0v) is 14.2. The quantitative estimate of drug-likeness (QED) is 0.420. The zero-order chi connectivity index (χ0) is 18.8. The van der Waals surface area contributed by atoms with Gasteiger partial charge in [0, 0.05) is 20.6 Å². The Morgan fingerprint density at radius 3 is 2.54 bits per heavy atom. The topological polar surface area (TPSA) is 127 Å². The van der Waals surface area contributed by atoms with Crippen molar-refractivity contribution in [1.29, 1.82) is 0 Å². The summed E-state index contributed by atoms with van der Waals surface area (Å²) in [6.45, 7) is -0.102. The van der Waals surface area contributed by atoms with Gasteiger partial charge in [-0.1, -0.05) is 0 Å². The molecule has 0 saturated carbocycles. The van der Waals surface area contributed by atoms with Crippen molar-refractivity contribution in [3.8, 4) is 5.75 Å². The van der Waals surface area contributed by atoms with Crippen LogP contribution < -0.4 is 16.7 Å². The van der Waals surface area contributed by atoms with Crippen LogP contribution in [0.2, 0.25) is 0 Å². The van der Waals surface area contributed by atoms with Crippen molar-refractivity contribution in [3.63, 3.8) is 0 Å². The SMILES string of the molecule is Cn1c(=O)c2c(nc(N/N=C\c3ccc(O)cc3)n2CCO)n(C)c1=O. The lowest BCUT2D eigenvalue weighted by Crippen LogP contribution is -2.37. The highest BCUT2D eigenvalue weighted by Gasteiger charge is 2.18. The molecule has 0 bridgehead atoms. The molecule has 0 aliphatic rings. The highest BCUT2D eigenvalue weighted by Crippen LogP contribution is 2.15. The average Bonchev–Trinajstić information content (AvgIpc) is 2.99. The van der Waals surface area contributed by atoms with E-state index < -0.39 is 11.2 Å². The normalized spacial score (nSPS) is 11.5. The molecule has 2 aromatic heterocycles. The first-order valence-electron chi connectivity index (χ1n) is 7.79. The van der Waals surface area contributed by atoms with Gasteiger partial charge in [-0.15, -0.1) is 0 Å². The number of hydrazone groups is 1. The lowest BCUT2D eigenvalue weighted by molar-refractivity contribution is 0.278. The third-order valence-electron chi connectivity index (χ3n) is 3.94. The van der Waals surface area contributed by atoms with Crippen LogP contribution in [-0.2, 0) is 20.6 Å². The number of anilines is 1. The van der Waals surface area contributed by atoms with Gasteiger partial charge in [-0.05, 0) is 29.8 Å². The highest BCUT2D eigenvalue weighted by atomic mass is 16.3. The van der Waals surface area contributed by atoms with E-state index in [1.54, 1.807) is 12.1 Å². The summed E-state index contributed by atoms with van der Waals surface area (Å²) in [5, 5.41) is 22.7. The van der Waals surface area contributed by atoms with Crippen LogP contribution in [0.4, 0.5) is 5.95 Å². The molecule has 136 valence electrons. The van der Waals surface area contributed by atoms with Crippen LogP contribution in [0.1, 0.15) is 5.56 Å². The Bertz CT molecular complexity index is 1090. The second-order valence-corrected chi connectivity index (χ2v) is 5.65. The molecule has 0 radical (unpaired) electrons. The lowest BCUT2D eigenvalue weighted by Gasteiger charge is -2.07. The van der Waals surface area contributed by atoms with Crippen molar-refractivity contribution in [1.82, 2.24) is 18.7 Å². The third-order valence-corrected chi connectivity index (χ3v) is 3.94. The Morgan fingerprint density at radius 1 is 1.19 bits per heavy atom. The van der Waals surface area contributed by atoms with Crippen molar-refractivity contribution in [2.24, 2.45) is 19.2 Å². The fraction of sp³-hybridized carbons (Fsp3) is 0.250. The highest BCUT2D eigenvalue weighted by molar-refractivity contribution is 5.80. The van der Waals surface area contributed by atoms with Crippen molar-refractivity contribution >= 4 is 23.3 Å². The molecule has 10 nitrogen and oxygen atoms in total. The van der Waals surface area contributed by atoms with Gasteiger partial charge in [0.15, 0.2) is 11.2 Å². The molecule has 0 fully saturated rings. The number of aromatic nitrogens is 4. The number of aromatic hydroxyl groups is 1. The van der Waals surface area contributed by atoms with Gasteiger partial charge in [-0.25, -0.2) is 10.2 Å². The number of fused-ring (bicyclic) bond motifs is 1. The Labute approximate surface area is 147 Å². The van der Waals surface area contributed by atoms with E-state index in [0.717, 1.165) is 10.1 Å². The minimum atomic E-state index is -0.500. The molecular formula is C16H18N6O4. The van der Waals surface area contributed by atoms with Gasteiger partial charge in [0.2, 0.25) is 5.95 Å². The van der Waals surface area contributed by atoms with E-state index in [1.165, 1.54) is 41.6 Å². The predicted molar refractivity (Wildman–Crippen MR) is 96.6 cm³/mol. The minimum absolute atomic E-state index is 0.112. The molecule has 0 unspecified atom stereocenters. The molecule has 0 saturated heterocycles. The van der Waals surface area contributed by atoms with Gasteiger partial charge in [0.1, 0.15) is 5.75 Å². The van der Waals surface area contributed by atoms with Gasteiger partial charge in [-0.2, -0.15) is 10.1 Å². The number of hydrogen-bond acceptors (Lipinski definition) is 7. The maximum absolute atomic E-state index is 12.5. The van der Waals surface area contributed by atoms with E-state index in [-0.39, 0.29) is 36.0 Å². The molecule has 10 heteroatoms. The summed E-state index contributed by atoms with van der Waals surface area (Å²) in [6.07, 6.45) is 1.51. The van der Waals surface area contributed by atoms with Crippen LogP contribution in [0.5, 0.6) is 5.75 Å². The van der Waals surface area contributed by atoms with E-state index in [1.807, 2.05) is 0 Å². The molecule has 3 rings (SSSR count). The largest absolute Gasteiger partial charge is 0.508 e.